The predicted molar refractivity (Wildman–Crippen MR) is 72.9 cm³/mol. The van der Waals surface area contributed by atoms with Crippen LogP contribution >= 0.6 is 0 Å². The number of hydrogen-bond donors (Lipinski definition) is 0. The standard InChI is InChI=1S/C16H21FO3/c1-15-8-9-16(2,20-15)14(13(15)18-3)19-10-11-6-4-5-7-12(11)17/h4-7,13-14H,8-10H2,1-3H3. The summed E-state index contributed by atoms with van der Waals surface area (Å²) in [4.78, 5) is 0. The lowest BCUT2D eigenvalue weighted by molar-refractivity contribution is -0.0990. The molecule has 0 saturated carbocycles. The van der Waals surface area contributed by atoms with Crippen LogP contribution in [0.15, 0.2) is 24.3 Å². The van der Waals surface area contributed by atoms with E-state index in [-0.39, 0.29) is 35.8 Å². The normalized spacial score (nSPS) is 39.4. The molecule has 0 aliphatic carbocycles. The van der Waals surface area contributed by atoms with Crippen molar-refractivity contribution in [1.82, 2.24) is 0 Å². The number of benzene rings is 1. The number of methoxy groups -OCH3 is 1. The second-order valence-corrected chi connectivity index (χ2v) is 6.21. The van der Waals surface area contributed by atoms with Crippen molar-refractivity contribution in [1.29, 1.82) is 0 Å². The molecule has 3 rings (SSSR count). The molecular weight excluding hydrogens is 259 g/mol. The second-order valence-electron chi connectivity index (χ2n) is 6.21. The van der Waals surface area contributed by atoms with Gasteiger partial charge in [-0.3, -0.25) is 0 Å². The van der Waals surface area contributed by atoms with Crippen LogP contribution in [0.3, 0.4) is 0 Å². The van der Waals surface area contributed by atoms with Crippen molar-refractivity contribution in [2.45, 2.75) is 56.7 Å². The van der Waals surface area contributed by atoms with E-state index in [4.69, 9.17) is 14.2 Å². The molecule has 0 amide bonds. The molecule has 2 bridgehead atoms. The average molecular weight is 280 g/mol. The quantitative estimate of drug-likeness (QED) is 0.848. The number of hydrogen-bond acceptors (Lipinski definition) is 3. The largest absolute Gasteiger partial charge is 0.376 e. The van der Waals surface area contributed by atoms with Gasteiger partial charge in [0.2, 0.25) is 0 Å². The lowest BCUT2D eigenvalue weighted by Gasteiger charge is -2.35. The third kappa shape index (κ3) is 2.07. The summed E-state index contributed by atoms with van der Waals surface area (Å²) in [7, 11) is 1.68. The van der Waals surface area contributed by atoms with Crippen LogP contribution in [0.2, 0.25) is 0 Å². The van der Waals surface area contributed by atoms with Gasteiger partial charge in [-0.05, 0) is 32.8 Å². The summed E-state index contributed by atoms with van der Waals surface area (Å²) in [5.74, 6) is -0.234. The molecule has 4 unspecified atom stereocenters. The summed E-state index contributed by atoms with van der Waals surface area (Å²) in [5, 5.41) is 0. The maximum absolute atomic E-state index is 13.7. The topological polar surface area (TPSA) is 27.7 Å². The Morgan fingerprint density at radius 2 is 1.85 bits per heavy atom. The Labute approximate surface area is 119 Å². The molecule has 0 N–H and O–H groups in total. The lowest BCUT2D eigenvalue weighted by Crippen LogP contribution is -2.49. The van der Waals surface area contributed by atoms with E-state index in [1.165, 1.54) is 6.07 Å². The van der Waals surface area contributed by atoms with Crippen molar-refractivity contribution < 1.29 is 18.6 Å². The molecule has 2 aliphatic rings. The molecular formula is C16H21FO3. The molecule has 2 fully saturated rings. The Morgan fingerprint density at radius 3 is 2.50 bits per heavy atom. The summed E-state index contributed by atoms with van der Waals surface area (Å²) in [6, 6.07) is 6.69. The first kappa shape index (κ1) is 14.0. The zero-order chi connectivity index (χ0) is 14.4. The van der Waals surface area contributed by atoms with Crippen molar-refractivity contribution in [2.75, 3.05) is 7.11 Å². The molecule has 4 atom stereocenters. The summed E-state index contributed by atoms with van der Waals surface area (Å²) >= 11 is 0. The third-order valence-electron chi connectivity index (χ3n) is 4.69. The van der Waals surface area contributed by atoms with Gasteiger partial charge in [-0.25, -0.2) is 4.39 Å². The van der Waals surface area contributed by atoms with Gasteiger partial charge in [0.05, 0.1) is 17.8 Å². The van der Waals surface area contributed by atoms with Crippen molar-refractivity contribution in [3.05, 3.63) is 35.6 Å². The van der Waals surface area contributed by atoms with Crippen molar-refractivity contribution in [3.8, 4) is 0 Å². The first-order valence-electron chi connectivity index (χ1n) is 7.06. The van der Waals surface area contributed by atoms with Gasteiger partial charge >= 0.3 is 0 Å². The molecule has 1 aromatic rings. The highest BCUT2D eigenvalue weighted by molar-refractivity contribution is 5.17. The third-order valence-corrected chi connectivity index (χ3v) is 4.69. The summed E-state index contributed by atoms with van der Waals surface area (Å²) in [6.07, 6.45) is 1.66. The summed E-state index contributed by atoms with van der Waals surface area (Å²) < 4.78 is 31.4. The minimum Gasteiger partial charge on any atom is -0.376 e. The molecule has 3 nitrogen and oxygen atoms in total. The van der Waals surface area contributed by atoms with Crippen LogP contribution in [0.5, 0.6) is 0 Å². The van der Waals surface area contributed by atoms with E-state index >= 15 is 0 Å². The van der Waals surface area contributed by atoms with Gasteiger partial charge < -0.3 is 14.2 Å². The van der Waals surface area contributed by atoms with Gasteiger partial charge in [-0.15, -0.1) is 0 Å². The number of halogens is 1. The zero-order valence-electron chi connectivity index (χ0n) is 12.2. The van der Waals surface area contributed by atoms with E-state index in [0.717, 1.165) is 12.8 Å². The molecule has 0 aromatic heterocycles. The summed E-state index contributed by atoms with van der Waals surface area (Å²) in [5.41, 5.74) is -0.0525. The molecule has 0 spiro atoms. The van der Waals surface area contributed by atoms with E-state index in [1.807, 2.05) is 6.07 Å². The smallest absolute Gasteiger partial charge is 0.128 e. The van der Waals surface area contributed by atoms with Crippen molar-refractivity contribution in [3.63, 3.8) is 0 Å². The zero-order valence-corrected chi connectivity index (χ0v) is 12.2. The fraction of sp³-hybridized carbons (Fsp3) is 0.625. The highest BCUT2D eigenvalue weighted by atomic mass is 19.1. The van der Waals surface area contributed by atoms with E-state index in [9.17, 15) is 4.39 Å². The lowest BCUT2D eigenvalue weighted by atomic mass is 9.79. The second kappa shape index (κ2) is 4.79. The number of ether oxygens (including phenoxy) is 3. The van der Waals surface area contributed by atoms with Gasteiger partial charge in [0.15, 0.2) is 0 Å². The van der Waals surface area contributed by atoms with E-state index in [2.05, 4.69) is 13.8 Å². The van der Waals surface area contributed by atoms with Gasteiger partial charge in [-0.2, -0.15) is 0 Å². The Kier molecular flexibility index (Phi) is 3.35. The highest BCUT2D eigenvalue weighted by Gasteiger charge is 2.64. The van der Waals surface area contributed by atoms with Crippen LogP contribution in [-0.4, -0.2) is 30.5 Å². The average Bonchev–Trinajstić information content (AvgIpc) is 2.84. The van der Waals surface area contributed by atoms with Gasteiger partial charge in [0.1, 0.15) is 18.0 Å². The maximum atomic E-state index is 13.7. The minimum atomic E-state index is -0.333. The highest BCUT2D eigenvalue weighted by Crippen LogP contribution is 2.52. The van der Waals surface area contributed by atoms with Gasteiger partial charge in [0.25, 0.3) is 0 Å². The minimum absolute atomic E-state index is 0.104. The van der Waals surface area contributed by atoms with E-state index < -0.39 is 0 Å². The first-order chi connectivity index (χ1) is 9.48. The van der Waals surface area contributed by atoms with Gasteiger partial charge in [0, 0.05) is 12.7 Å². The van der Waals surface area contributed by atoms with Gasteiger partial charge in [-0.1, -0.05) is 18.2 Å². The fourth-order valence-corrected chi connectivity index (χ4v) is 3.60. The van der Waals surface area contributed by atoms with Crippen LogP contribution in [-0.2, 0) is 20.8 Å². The Balaban J connectivity index is 1.75. The predicted octanol–water partition coefficient (Wildman–Crippen LogP) is 3.07. The number of rotatable bonds is 4. The molecule has 4 heteroatoms. The fourth-order valence-electron chi connectivity index (χ4n) is 3.60. The van der Waals surface area contributed by atoms with Crippen molar-refractivity contribution in [2.24, 2.45) is 0 Å². The summed E-state index contributed by atoms with van der Waals surface area (Å²) in [6.45, 7) is 4.37. The van der Waals surface area contributed by atoms with Crippen LogP contribution < -0.4 is 0 Å². The molecule has 1 aromatic carbocycles. The van der Waals surface area contributed by atoms with Crippen LogP contribution in [0, 0.1) is 5.82 Å². The van der Waals surface area contributed by atoms with Crippen LogP contribution in [0.1, 0.15) is 32.3 Å². The first-order valence-corrected chi connectivity index (χ1v) is 7.06. The Hall–Kier alpha value is -0.970. The van der Waals surface area contributed by atoms with E-state index in [0.29, 0.717) is 5.56 Å². The Bertz CT molecular complexity index is 506. The van der Waals surface area contributed by atoms with Crippen LogP contribution in [0.4, 0.5) is 4.39 Å². The molecule has 2 saturated heterocycles. The van der Waals surface area contributed by atoms with Crippen LogP contribution in [0.25, 0.3) is 0 Å². The molecule has 2 aliphatic heterocycles. The molecule has 2 heterocycles. The molecule has 20 heavy (non-hydrogen) atoms. The van der Waals surface area contributed by atoms with Crippen molar-refractivity contribution >= 4 is 0 Å². The maximum Gasteiger partial charge on any atom is 0.128 e. The molecule has 0 radical (unpaired) electrons. The van der Waals surface area contributed by atoms with E-state index in [1.54, 1.807) is 19.2 Å². The Morgan fingerprint density at radius 1 is 1.20 bits per heavy atom. The number of fused-ring (bicyclic) bond motifs is 2. The monoisotopic (exact) mass is 280 g/mol. The SMILES string of the molecule is COC1C(OCc2ccccc2F)C2(C)CCC1(C)O2. The molecule has 110 valence electrons.